The van der Waals surface area contributed by atoms with Crippen LogP contribution in [0.3, 0.4) is 0 Å². The molecule has 1 aliphatic carbocycles. The monoisotopic (exact) mass is 195 g/mol. The van der Waals surface area contributed by atoms with Gasteiger partial charge in [-0.15, -0.1) is 0 Å². The third-order valence-corrected chi connectivity index (χ3v) is 1.74. The van der Waals surface area contributed by atoms with Gasteiger partial charge in [0.15, 0.2) is 0 Å². The Balaban J connectivity index is 2.90. The molecule has 0 amide bonds. The van der Waals surface area contributed by atoms with Gasteiger partial charge in [-0.25, -0.2) is 0 Å². The SMILES string of the molecule is ON=CC1=CC(C=NO)=C(C=NO)C1. The van der Waals surface area contributed by atoms with Crippen molar-refractivity contribution in [3.63, 3.8) is 0 Å². The molecule has 74 valence electrons. The van der Waals surface area contributed by atoms with E-state index in [1.807, 2.05) is 0 Å². The van der Waals surface area contributed by atoms with Crippen LogP contribution in [0.1, 0.15) is 6.42 Å². The Morgan fingerprint density at radius 3 is 2.21 bits per heavy atom. The Morgan fingerprint density at radius 1 is 1.00 bits per heavy atom. The van der Waals surface area contributed by atoms with Gasteiger partial charge < -0.3 is 15.6 Å². The molecular weight excluding hydrogens is 186 g/mol. The molecule has 0 saturated heterocycles. The maximum atomic E-state index is 8.35. The van der Waals surface area contributed by atoms with E-state index in [0.29, 0.717) is 17.6 Å². The zero-order valence-electron chi connectivity index (χ0n) is 7.20. The molecule has 0 unspecified atom stereocenters. The van der Waals surface area contributed by atoms with Gasteiger partial charge >= 0.3 is 0 Å². The lowest BCUT2D eigenvalue weighted by atomic mass is 10.1. The van der Waals surface area contributed by atoms with E-state index in [1.54, 1.807) is 6.08 Å². The highest BCUT2D eigenvalue weighted by atomic mass is 16.4. The summed E-state index contributed by atoms with van der Waals surface area (Å²) in [4.78, 5) is 0. The fourth-order valence-corrected chi connectivity index (χ4v) is 1.19. The first-order valence-corrected chi connectivity index (χ1v) is 3.78. The van der Waals surface area contributed by atoms with Gasteiger partial charge in [0.1, 0.15) is 0 Å². The highest BCUT2D eigenvalue weighted by Gasteiger charge is 2.12. The van der Waals surface area contributed by atoms with E-state index >= 15 is 0 Å². The van der Waals surface area contributed by atoms with Crippen molar-refractivity contribution in [1.82, 2.24) is 0 Å². The van der Waals surface area contributed by atoms with Crippen LogP contribution in [0.4, 0.5) is 0 Å². The minimum Gasteiger partial charge on any atom is -0.411 e. The van der Waals surface area contributed by atoms with Gasteiger partial charge in [-0.1, -0.05) is 15.5 Å². The molecule has 0 radical (unpaired) electrons. The maximum absolute atomic E-state index is 8.35. The molecule has 0 aromatic heterocycles. The molecule has 0 aliphatic heterocycles. The zero-order chi connectivity index (χ0) is 10.4. The van der Waals surface area contributed by atoms with E-state index in [2.05, 4.69) is 15.5 Å². The van der Waals surface area contributed by atoms with Crippen molar-refractivity contribution in [2.75, 3.05) is 0 Å². The molecule has 1 aliphatic rings. The molecule has 3 N–H and O–H groups in total. The molecule has 0 atom stereocenters. The molecule has 0 aromatic rings. The van der Waals surface area contributed by atoms with Crippen LogP contribution >= 0.6 is 0 Å². The number of rotatable bonds is 3. The number of hydrogen-bond donors (Lipinski definition) is 3. The molecule has 0 saturated carbocycles. The summed E-state index contributed by atoms with van der Waals surface area (Å²) in [5, 5.41) is 33.6. The standard InChI is InChI=1S/C8H9N3O3/c12-9-3-6-1-7(4-10-13)8(2-6)5-11-14/h1,3-5,12-14H,2H2. The molecule has 0 bridgehead atoms. The lowest BCUT2D eigenvalue weighted by molar-refractivity contribution is 0.321. The van der Waals surface area contributed by atoms with Crippen molar-refractivity contribution in [1.29, 1.82) is 0 Å². The quantitative estimate of drug-likeness (QED) is 0.356. The average molecular weight is 195 g/mol. The van der Waals surface area contributed by atoms with Crippen LogP contribution in [0.15, 0.2) is 38.3 Å². The zero-order valence-corrected chi connectivity index (χ0v) is 7.20. The molecule has 0 aromatic carbocycles. The van der Waals surface area contributed by atoms with E-state index in [4.69, 9.17) is 15.6 Å². The summed E-state index contributed by atoms with van der Waals surface area (Å²) in [5.41, 5.74) is 2.03. The van der Waals surface area contributed by atoms with Crippen LogP contribution in [0.5, 0.6) is 0 Å². The highest BCUT2D eigenvalue weighted by Crippen LogP contribution is 2.21. The van der Waals surface area contributed by atoms with Crippen molar-refractivity contribution < 1.29 is 15.6 Å². The molecule has 14 heavy (non-hydrogen) atoms. The largest absolute Gasteiger partial charge is 0.411 e. The first-order chi connectivity index (χ1) is 6.81. The van der Waals surface area contributed by atoms with Crippen molar-refractivity contribution in [3.8, 4) is 0 Å². The third kappa shape index (κ3) is 2.19. The first kappa shape index (κ1) is 9.97. The molecule has 6 heteroatoms. The fourth-order valence-electron chi connectivity index (χ4n) is 1.19. The van der Waals surface area contributed by atoms with Gasteiger partial charge in [0, 0.05) is 12.0 Å². The molecule has 6 nitrogen and oxygen atoms in total. The van der Waals surface area contributed by atoms with Crippen molar-refractivity contribution >= 4 is 18.6 Å². The molecular formula is C8H9N3O3. The number of allylic oxidation sites excluding steroid dienone is 4. The molecule has 0 spiro atoms. The van der Waals surface area contributed by atoms with E-state index in [0.717, 1.165) is 5.57 Å². The van der Waals surface area contributed by atoms with Crippen LogP contribution in [-0.4, -0.2) is 34.3 Å². The molecule has 0 fully saturated rings. The van der Waals surface area contributed by atoms with Gasteiger partial charge in [0.2, 0.25) is 0 Å². The lowest BCUT2D eigenvalue weighted by Gasteiger charge is -1.92. The molecule has 1 rings (SSSR count). The van der Waals surface area contributed by atoms with Crippen LogP contribution < -0.4 is 0 Å². The van der Waals surface area contributed by atoms with Crippen LogP contribution in [0, 0.1) is 0 Å². The Morgan fingerprint density at radius 2 is 1.64 bits per heavy atom. The van der Waals surface area contributed by atoms with Gasteiger partial charge in [0.05, 0.1) is 18.6 Å². The third-order valence-electron chi connectivity index (χ3n) is 1.74. The summed E-state index contributed by atoms with van der Waals surface area (Å²) in [7, 11) is 0. The predicted octanol–water partition coefficient (Wildman–Crippen LogP) is 0.993. The summed E-state index contributed by atoms with van der Waals surface area (Å²) < 4.78 is 0. The first-order valence-electron chi connectivity index (χ1n) is 3.78. The van der Waals surface area contributed by atoms with Gasteiger partial charge in [0.25, 0.3) is 0 Å². The van der Waals surface area contributed by atoms with E-state index < -0.39 is 0 Å². The Hall–Kier alpha value is -2.11. The summed E-state index contributed by atoms with van der Waals surface area (Å²) in [6.45, 7) is 0. The minimum atomic E-state index is 0.468. The van der Waals surface area contributed by atoms with Crippen LogP contribution in [0.2, 0.25) is 0 Å². The van der Waals surface area contributed by atoms with Crippen LogP contribution in [0.25, 0.3) is 0 Å². The smallest absolute Gasteiger partial charge is 0.0737 e. The lowest BCUT2D eigenvalue weighted by Crippen LogP contribution is -1.88. The number of oxime groups is 3. The van der Waals surface area contributed by atoms with Crippen LogP contribution in [-0.2, 0) is 0 Å². The summed E-state index contributed by atoms with van der Waals surface area (Å²) in [5.74, 6) is 0. The second-order valence-electron chi connectivity index (χ2n) is 2.61. The second kappa shape index (κ2) is 4.80. The Kier molecular flexibility index (Phi) is 3.42. The van der Waals surface area contributed by atoms with Gasteiger partial charge in [-0.3, -0.25) is 0 Å². The topological polar surface area (TPSA) is 97.8 Å². The average Bonchev–Trinajstić information content (AvgIpc) is 2.50. The predicted molar refractivity (Wildman–Crippen MR) is 50.6 cm³/mol. The summed E-state index contributed by atoms with van der Waals surface area (Å²) in [6, 6.07) is 0. The van der Waals surface area contributed by atoms with Crippen molar-refractivity contribution in [3.05, 3.63) is 22.8 Å². The maximum Gasteiger partial charge on any atom is 0.0737 e. The van der Waals surface area contributed by atoms with E-state index in [1.165, 1.54) is 18.6 Å². The minimum absolute atomic E-state index is 0.468. The Labute approximate surface area is 79.8 Å². The van der Waals surface area contributed by atoms with Gasteiger partial charge in [-0.2, -0.15) is 0 Å². The summed E-state index contributed by atoms with van der Waals surface area (Å²) >= 11 is 0. The van der Waals surface area contributed by atoms with E-state index in [9.17, 15) is 0 Å². The Bertz CT molecular complexity index is 353. The molecule has 0 heterocycles. The normalized spacial score (nSPS) is 17.9. The van der Waals surface area contributed by atoms with Gasteiger partial charge in [-0.05, 0) is 17.2 Å². The second-order valence-corrected chi connectivity index (χ2v) is 2.61. The highest BCUT2D eigenvalue weighted by molar-refractivity contribution is 5.99. The number of hydrogen-bond acceptors (Lipinski definition) is 6. The fraction of sp³-hybridized carbons (Fsp3) is 0.125. The van der Waals surface area contributed by atoms with Crippen molar-refractivity contribution in [2.45, 2.75) is 6.42 Å². The van der Waals surface area contributed by atoms with Crippen molar-refractivity contribution in [2.24, 2.45) is 15.5 Å². The summed E-state index contributed by atoms with van der Waals surface area (Å²) in [6.07, 6.45) is 5.86. The van der Waals surface area contributed by atoms with E-state index in [-0.39, 0.29) is 0 Å². The number of nitrogens with zero attached hydrogens (tertiary/aromatic N) is 3.